The number of nitrogens with one attached hydrogen (secondary N) is 6. The Morgan fingerprint density at radius 1 is 0.453 bits per heavy atom. The highest BCUT2D eigenvalue weighted by molar-refractivity contribution is 6.10. The summed E-state index contributed by atoms with van der Waals surface area (Å²) in [5.74, 6) is 2.62. The molecule has 12 rings (SSSR count). The van der Waals surface area contributed by atoms with Crippen molar-refractivity contribution in [2.24, 2.45) is 16.2 Å². The predicted octanol–water partition coefficient (Wildman–Crippen LogP) is 16.9. The fourth-order valence-corrected chi connectivity index (χ4v) is 11.9. The molecule has 0 saturated carbocycles. The first-order chi connectivity index (χ1) is 41.3. The first-order valence-electron chi connectivity index (χ1n) is 29.9. The molecule has 6 N–H and O–H groups in total. The minimum absolute atomic E-state index is 0.0219. The van der Waals surface area contributed by atoms with Crippen molar-refractivity contribution >= 4 is 51.5 Å². The summed E-state index contributed by atoms with van der Waals surface area (Å²) in [6.07, 6.45) is 15.5. The van der Waals surface area contributed by atoms with Gasteiger partial charge in [0.2, 0.25) is 0 Å². The normalized spacial score (nSPS) is 15.2. The Hall–Kier alpha value is -9.24. The lowest BCUT2D eigenvalue weighted by Gasteiger charge is -2.28. The Kier molecular flexibility index (Phi) is 17.8. The summed E-state index contributed by atoms with van der Waals surface area (Å²) < 4.78 is 17.8. The maximum Gasteiger partial charge on any atom is 0.167 e. The number of carbonyl (C=O) groups is 3. The largest absolute Gasteiger partial charge is 0.492 e. The molecule has 6 heterocycles. The molecule has 3 aromatic carbocycles. The topological polar surface area (TPSA) is 201 Å². The average Bonchev–Trinajstić information content (AvgIpc) is 1.72. The molecule has 0 amide bonds. The Morgan fingerprint density at radius 3 is 1.10 bits per heavy atom. The summed E-state index contributed by atoms with van der Waals surface area (Å²) in [6, 6.07) is 35.6. The molecule has 6 aromatic heterocycles. The first-order valence-corrected chi connectivity index (χ1v) is 29.9. The van der Waals surface area contributed by atoms with Crippen molar-refractivity contribution in [3.63, 3.8) is 0 Å². The molecule has 15 nitrogen and oxygen atoms in total. The minimum atomic E-state index is -0.0638. The van der Waals surface area contributed by atoms with Gasteiger partial charge in [0.15, 0.2) is 17.3 Å². The van der Waals surface area contributed by atoms with Crippen LogP contribution in [0.3, 0.4) is 0 Å². The lowest BCUT2D eigenvalue weighted by Crippen LogP contribution is -2.26. The van der Waals surface area contributed by atoms with E-state index in [4.69, 9.17) is 14.2 Å². The summed E-state index contributed by atoms with van der Waals surface area (Å²) >= 11 is 0. The predicted molar refractivity (Wildman–Crippen MR) is 343 cm³/mol. The fourth-order valence-electron chi connectivity index (χ4n) is 11.9. The number of ether oxygens (including phenoxy) is 3. The number of carbonyl (C=O) groups excluding carboxylic acids is 3. The molecule has 0 saturated heterocycles. The molecule has 3 aliphatic carbocycles. The molecule has 0 fully saturated rings. The molecular weight excluding hydrogens is 1070 g/mol. The standard InChI is InChI=1S/2C24H27N3O2.C23H25N3O2/c1-15(2)29-20-14-25-11-10-17(20)22-23(26-16-8-6-5-7-9-16)21-18(27-22)12-24(3,4)13-19(21)28;1-4-12-29-20-15-25-11-10-17(20)22-23(26-16-8-6-5-7-9-16)21-18(27-22)13-24(2,3)14-19(21)28;1-4-28-19-14-24-11-10-16(19)21-22(25-15-8-6-5-7-9-15)20-17(26-21)12-23(2,3)13-18(20)27/h5-11,14-15,26-27H,12-13H2,1-4H3;5-11,15,26-27H,4,12-14H2,1-3H3;5-11,14,25-26H,4,12-13H2,1-3H3. The van der Waals surface area contributed by atoms with Crippen LogP contribution in [0.25, 0.3) is 33.8 Å². The van der Waals surface area contributed by atoms with E-state index in [1.165, 1.54) is 0 Å². The van der Waals surface area contributed by atoms with Crippen molar-refractivity contribution in [3.8, 4) is 51.0 Å². The number of hydrogen-bond acceptors (Lipinski definition) is 12. The van der Waals surface area contributed by atoms with Gasteiger partial charge in [-0.05, 0) is 117 Å². The van der Waals surface area contributed by atoms with Crippen LogP contribution in [0.1, 0.15) is 143 Å². The van der Waals surface area contributed by atoms with Crippen LogP contribution in [-0.2, 0) is 19.3 Å². The summed E-state index contributed by atoms with van der Waals surface area (Å²) in [6.45, 7) is 22.0. The number of benzene rings is 3. The Bertz CT molecular complexity index is 3860. The van der Waals surface area contributed by atoms with E-state index in [2.05, 4.69) is 94.3 Å². The van der Waals surface area contributed by atoms with Crippen molar-refractivity contribution in [1.82, 2.24) is 29.9 Å². The lowest BCUT2D eigenvalue weighted by atomic mass is 9.76. The van der Waals surface area contributed by atoms with Gasteiger partial charge in [-0.25, -0.2) is 0 Å². The summed E-state index contributed by atoms with van der Waals surface area (Å²) in [4.78, 5) is 62.6. The van der Waals surface area contributed by atoms with Gasteiger partial charge in [-0.2, -0.15) is 0 Å². The minimum Gasteiger partial charge on any atom is -0.492 e. The second-order valence-corrected chi connectivity index (χ2v) is 25.0. The number of ketones is 3. The molecule has 0 radical (unpaired) electrons. The second-order valence-electron chi connectivity index (χ2n) is 25.0. The monoisotopic (exact) mass is 1150 g/mol. The van der Waals surface area contributed by atoms with Crippen molar-refractivity contribution in [2.75, 3.05) is 29.2 Å². The van der Waals surface area contributed by atoms with E-state index in [0.717, 1.165) is 133 Å². The molecule has 0 unspecified atom stereocenters. The van der Waals surface area contributed by atoms with E-state index in [0.29, 0.717) is 44.0 Å². The van der Waals surface area contributed by atoms with Crippen LogP contribution >= 0.6 is 0 Å². The molecule has 0 bridgehead atoms. The number of para-hydroxylation sites is 3. The summed E-state index contributed by atoms with van der Waals surface area (Å²) in [5.41, 5.74) is 15.6. The maximum absolute atomic E-state index is 13.1. The zero-order valence-electron chi connectivity index (χ0n) is 51.1. The molecule has 0 atom stereocenters. The highest BCUT2D eigenvalue weighted by Crippen LogP contribution is 2.48. The van der Waals surface area contributed by atoms with E-state index in [1.54, 1.807) is 37.2 Å². The van der Waals surface area contributed by atoms with Crippen LogP contribution in [-0.4, -0.2) is 66.6 Å². The molecule has 0 spiro atoms. The van der Waals surface area contributed by atoms with Gasteiger partial charge in [0, 0.05) is 88.7 Å². The van der Waals surface area contributed by atoms with E-state index >= 15 is 0 Å². The van der Waals surface area contributed by atoms with E-state index in [9.17, 15) is 14.4 Å². The molecule has 15 heteroatoms. The highest BCUT2D eigenvalue weighted by atomic mass is 16.5. The highest BCUT2D eigenvalue weighted by Gasteiger charge is 2.39. The first kappa shape index (κ1) is 59.9. The van der Waals surface area contributed by atoms with Gasteiger partial charge in [-0.15, -0.1) is 0 Å². The van der Waals surface area contributed by atoms with E-state index < -0.39 is 0 Å². The molecule has 3 aliphatic rings. The SMILES string of the molecule is CC(C)Oc1cnccc1-c1[nH]c2c(c1Nc1ccccc1)C(=O)CC(C)(C)C2.CCCOc1cnccc1-c1[nH]c2c(c1Nc1ccccc1)C(=O)CC(C)(C)C2.CCOc1cnccc1-c1[nH]c2c(c1Nc1ccccc1)C(=O)CC(C)(C)C2. The summed E-state index contributed by atoms with van der Waals surface area (Å²) in [7, 11) is 0. The Labute approximate surface area is 504 Å². The molecule has 444 valence electrons. The number of hydrogen-bond donors (Lipinski definition) is 6. The molecule has 9 aromatic rings. The van der Waals surface area contributed by atoms with Gasteiger partial charge in [-0.3, -0.25) is 29.3 Å². The van der Waals surface area contributed by atoms with Crippen molar-refractivity contribution in [3.05, 3.63) is 180 Å². The van der Waals surface area contributed by atoms with Gasteiger partial charge in [0.1, 0.15) is 17.2 Å². The number of Topliss-reactive ketones (excluding diaryl/α,β-unsaturated/α-hetero) is 3. The lowest BCUT2D eigenvalue weighted by molar-refractivity contribution is 0.0903. The van der Waals surface area contributed by atoms with Gasteiger partial charge in [-0.1, -0.05) is 103 Å². The van der Waals surface area contributed by atoms with Gasteiger partial charge >= 0.3 is 0 Å². The zero-order valence-corrected chi connectivity index (χ0v) is 51.1. The molecule has 86 heavy (non-hydrogen) atoms. The van der Waals surface area contributed by atoms with E-state index in [1.807, 2.05) is 130 Å². The molecule has 0 aliphatic heterocycles. The third-order valence-electron chi connectivity index (χ3n) is 15.4. The van der Waals surface area contributed by atoms with Gasteiger partial charge in [0.05, 0.1) is 88.7 Å². The Balaban J connectivity index is 0.000000143. The second kappa shape index (κ2) is 25.5. The third kappa shape index (κ3) is 13.6. The van der Waals surface area contributed by atoms with Crippen molar-refractivity contribution in [2.45, 2.75) is 120 Å². The maximum atomic E-state index is 13.1. The van der Waals surface area contributed by atoms with Crippen LogP contribution in [0, 0.1) is 16.2 Å². The number of anilines is 6. The van der Waals surface area contributed by atoms with Gasteiger partial charge in [0.25, 0.3) is 0 Å². The number of nitrogens with zero attached hydrogens (tertiary/aromatic N) is 3. The van der Waals surface area contributed by atoms with Crippen LogP contribution in [0.15, 0.2) is 146 Å². The van der Waals surface area contributed by atoms with Crippen LogP contribution in [0.5, 0.6) is 17.2 Å². The number of fused-ring (bicyclic) bond motifs is 3. The average molecular weight is 1150 g/mol. The van der Waals surface area contributed by atoms with Crippen LogP contribution in [0.2, 0.25) is 0 Å². The van der Waals surface area contributed by atoms with Crippen LogP contribution < -0.4 is 30.2 Å². The Morgan fingerprint density at radius 2 is 0.779 bits per heavy atom. The quantitative estimate of drug-likeness (QED) is 0.0535. The fraction of sp³-hybridized carbons (Fsp3) is 0.324. The number of pyridine rings is 3. The smallest absolute Gasteiger partial charge is 0.167 e. The summed E-state index contributed by atoms with van der Waals surface area (Å²) in [5, 5.41) is 10.5. The number of rotatable bonds is 16. The van der Waals surface area contributed by atoms with Crippen molar-refractivity contribution in [1.29, 1.82) is 0 Å². The number of H-pyrrole nitrogens is 3. The third-order valence-corrected chi connectivity index (χ3v) is 15.4. The number of aromatic nitrogens is 6. The molecular formula is C71H79N9O6. The van der Waals surface area contributed by atoms with Gasteiger partial charge < -0.3 is 45.1 Å². The zero-order chi connectivity index (χ0) is 60.8. The van der Waals surface area contributed by atoms with Crippen molar-refractivity contribution < 1.29 is 28.6 Å². The number of aromatic amines is 3. The van der Waals surface area contributed by atoms with Crippen LogP contribution in [0.4, 0.5) is 34.1 Å². The van der Waals surface area contributed by atoms with E-state index in [-0.39, 0.29) is 39.7 Å².